The second kappa shape index (κ2) is 7.75. The van der Waals surface area contributed by atoms with Crippen LogP contribution in [-0.4, -0.2) is 35.4 Å². The highest BCUT2D eigenvalue weighted by atomic mass is 35.5. The van der Waals surface area contributed by atoms with E-state index in [4.69, 9.17) is 0 Å². The number of carbonyl (C=O) groups is 1. The number of hydrogen-bond acceptors (Lipinski definition) is 2. The standard InChI is InChI=1S/C22H25N3O.ClH/c1-14-11-15(2)20-18(12-14)16(3)21(24-20)22(26)25-10-9-23-19(13-25)17-7-5-4-6-8-17;/h4-8,11-12,19,23-24H,9-10,13H2,1-3H3;1H. The van der Waals surface area contributed by atoms with Crippen LogP contribution in [0.2, 0.25) is 0 Å². The molecular weight excluding hydrogens is 358 g/mol. The van der Waals surface area contributed by atoms with E-state index in [9.17, 15) is 4.79 Å². The molecule has 3 aromatic rings. The highest BCUT2D eigenvalue weighted by Crippen LogP contribution is 2.27. The number of aromatic nitrogens is 1. The number of carbonyl (C=O) groups excluding carboxylic acids is 1. The molecular formula is C22H26ClN3O. The van der Waals surface area contributed by atoms with Crippen molar-refractivity contribution in [1.29, 1.82) is 0 Å². The summed E-state index contributed by atoms with van der Waals surface area (Å²) in [7, 11) is 0. The normalized spacial score (nSPS) is 17.0. The van der Waals surface area contributed by atoms with Crippen molar-refractivity contribution in [2.75, 3.05) is 19.6 Å². The molecule has 0 aliphatic carbocycles. The average molecular weight is 384 g/mol. The number of aromatic amines is 1. The van der Waals surface area contributed by atoms with Gasteiger partial charge < -0.3 is 15.2 Å². The number of hydrogen-bond donors (Lipinski definition) is 2. The molecule has 2 heterocycles. The van der Waals surface area contributed by atoms with E-state index in [2.05, 4.69) is 48.4 Å². The number of fused-ring (bicyclic) bond motifs is 1. The van der Waals surface area contributed by atoms with Crippen LogP contribution >= 0.6 is 12.4 Å². The third-order valence-electron chi connectivity index (χ3n) is 5.39. The fourth-order valence-electron chi connectivity index (χ4n) is 4.00. The quantitative estimate of drug-likeness (QED) is 0.693. The Morgan fingerprint density at radius 3 is 2.59 bits per heavy atom. The Hall–Kier alpha value is -2.30. The van der Waals surface area contributed by atoms with Gasteiger partial charge in [0, 0.05) is 36.6 Å². The minimum Gasteiger partial charge on any atom is -0.350 e. The van der Waals surface area contributed by atoms with Gasteiger partial charge in [-0.15, -0.1) is 12.4 Å². The number of nitrogens with one attached hydrogen (secondary N) is 2. The molecule has 4 rings (SSSR count). The fraction of sp³-hybridized carbons (Fsp3) is 0.318. The largest absolute Gasteiger partial charge is 0.350 e. The Labute approximate surface area is 166 Å². The maximum atomic E-state index is 13.2. The van der Waals surface area contributed by atoms with Crippen molar-refractivity contribution < 1.29 is 4.79 Å². The second-order valence-electron chi connectivity index (χ2n) is 7.30. The minimum atomic E-state index is 0. The zero-order valence-electron chi connectivity index (χ0n) is 16.0. The molecule has 1 saturated heterocycles. The topological polar surface area (TPSA) is 48.1 Å². The van der Waals surface area contributed by atoms with Crippen molar-refractivity contribution in [3.63, 3.8) is 0 Å². The van der Waals surface area contributed by atoms with Crippen LogP contribution in [0, 0.1) is 20.8 Å². The van der Waals surface area contributed by atoms with Gasteiger partial charge in [0.05, 0.1) is 0 Å². The van der Waals surface area contributed by atoms with Crippen molar-refractivity contribution in [3.05, 3.63) is 70.4 Å². The van der Waals surface area contributed by atoms with Crippen LogP contribution in [0.15, 0.2) is 42.5 Å². The third-order valence-corrected chi connectivity index (χ3v) is 5.39. The van der Waals surface area contributed by atoms with Crippen LogP contribution in [-0.2, 0) is 0 Å². The molecule has 1 aliphatic rings. The SMILES string of the molecule is Cc1cc(C)c2[nH]c(C(=O)N3CCNC(c4ccccc4)C3)c(C)c2c1.Cl. The maximum absolute atomic E-state index is 13.2. The van der Waals surface area contributed by atoms with Crippen molar-refractivity contribution in [2.24, 2.45) is 0 Å². The molecule has 1 fully saturated rings. The molecule has 1 atom stereocenters. The molecule has 0 bridgehead atoms. The number of piperazine rings is 1. The summed E-state index contributed by atoms with van der Waals surface area (Å²) in [5, 5.41) is 4.68. The van der Waals surface area contributed by atoms with E-state index in [1.807, 2.05) is 30.0 Å². The number of H-pyrrole nitrogens is 1. The summed E-state index contributed by atoms with van der Waals surface area (Å²) in [5.41, 5.74) is 6.48. The highest BCUT2D eigenvalue weighted by molar-refractivity contribution is 6.01. The smallest absolute Gasteiger partial charge is 0.270 e. The van der Waals surface area contributed by atoms with Gasteiger partial charge in [-0.05, 0) is 43.5 Å². The van der Waals surface area contributed by atoms with Crippen LogP contribution in [0.1, 0.15) is 38.8 Å². The van der Waals surface area contributed by atoms with Gasteiger partial charge in [0.2, 0.25) is 0 Å². The summed E-state index contributed by atoms with van der Waals surface area (Å²) in [6, 6.07) is 14.8. The molecule has 1 amide bonds. The number of aryl methyl sites for hydroxylation is 3. The number of amides is 1. The number of rotatable bonds is 2. The molecule has 5 heteroatoms. The summed E-state index contributed by atoms with van der Waals surface area (Å²) in [6.07, 6.45) is 0. The van der Waals surface area contributed by atoms with E-state index in [1.54, 1.807) is 0 Å². The summed E-state index contributed by atoms with van der Waals surface area (Å²) in [4.78, 5) is 18.6. The predicted molar refractivity (Wildman–Crippen MR) is 113 cm³/mol. The summed E-state index contributed by atoms with van der Waals surface area (Å²) < 4.78 is 0. The van der Waals surface area contributed by atoms with Gasteiger partial charge in [-0.1, -0.05) is 42.0 Å². The van der Waals surface area contributed by atoms with Crippen LogP contribution in [0.25, 0.3) is 10.9 Å². The minimum absolute atomic E-state index is 0. The molecule has 0 spiro atoms. The number of halogens is 1. The van der Waals surface area contributed by atoms with Crippen molar-refractivity contribution >= 4 is 29.2 Å². The Morgan fingerprint density at radius 1 is 1.11 bits per heavy atom. The van der Waals surface area contributed by atoms with E-state index in [0.29, 0.717) is 6.54 Å². The van der Waals surface area contributed by atoms with E-state index < -0.39 is 0 Å². The summed E-state index contributed by atoms with van der Waals surface area (Å²) in [5.74, 6) is 0.0955. The molecule has 0 radical (unpaired) electrons. The lowest BCUT2D eigenvalue weighted by Crippen LogP contribution is -2.48. The first kappa shape index (κ1) is 19.5. The van der Waals surface area contributed by atoms with Crippen LogP contribution in [0.5, 0.6) is 0 Å². The van der Waals surface area contributed by atoms with Crippen molar-refractivity contribution in [1.82, 2.24) is 15.2 Å². The Bertz CT molecular complexity index is 965. The first-order valence-corrected chi connectivity index (χ1v) is 9.21. The molecule has 1 aliphatic heterocycles. The first-order valence-electron chi connectivity index (χ1n) is 9.21. The zero-order chi connectivity index (χ0) is 18.3. The molecule has 27 heavy (non-hydrogen) atoms. The molecule has 4 nitrogen and oxygen atoms in total. The van der Waals surface area contributed by atoms with E-state index in [1.165, 1.54) is 16.7 Å². The monoisotopic (exact) mass is 383 g/mol. The third kappa shape index (κ3) is 3.60. The lowest BCUT2D eigenvalue weighted by molar-refractivity contribution is 0.0697. The zero-order valence-corrected chi connectivity index (χ0v) is 16.8. The molecule has 1 unspecified atom stereocenters. The highest BCUT2D eigenvalue weighted by Gasteiger charge is 2.27. The predicted octanol–water partition coefficient (Wildman–Crippen LogP) is 4.30. The van der Waals surface area contributed by atoms with E-state index >= 15 is 0 Å². The fourth-order valence-corrected chi connectivity index (χ4v) is 4.00. The lowest BCUT2D eigenvalue weighted by atomic mass is 10.0. The number of nitrogens with zero attached hydrogens (tertiary/aromatic N) is 1. The van der Waals surface area contributed by atoms with Crippen molar-refractivity contribution in [2.45, 2.75) is 26.8 Å². The first-order chi connectivity index (χ1) is 12.5. The second-order valence-corrected chi connectivity index (χ2v) is 7.30. The van der Waals surface area contributed by atoms with Gasteiger partial charge in [-0.25, -0.2) is 0 Å². The average Bonchev–Trinajstić information content (AvgIpc) is 2.99. The number of benzene rings is 2. The Balaban J connectivity index is 0.00000210. The lowest BCUT2D eigenvalue weighted by Gasteiger charge is -2.34. The van der Waals surface area contributed by atoms with Crippen LogP contribution in [0.3, 0.4) is 0 Å². The molecule has 1 aromatic heterocycles. The van der Waals surface area contributed by atoms with E-state index in [0.717, 1.165) is 35.2 Å². The summed E-state index contributed by atoms with van der Waals surface area (Å²) >= 11 is 0. The van der Waals surface area contributed by atoms with Crippen molar-refractivity contribution in [3.8, 4) is 0 Å². The Morgan fingerprint density at radius 2 is 1.85 bits per heavy atom. The van der Waals surface area contributed by atoms with Gasteiger partial charge >= 0.3 is 0 Å². The van der Waals surface area contributed by atoms with Gasteiger partial charge in [-0.3, -0.25) is 4.79 Å². The maximum Gasteiger partial charge on any atom is 0.270 e. The molecule has 142 valence electrons. The molecule has 2 aromatic carbocycles. The van der Waals surface area contributed by atoms with Crippen LogP contribution in [0.4, 0.5) is 0 Å². The van der Waals surface area contributed by atoms with Crippen LogP contribution < -0.4 is 5.32 Å². The van der Waals surface area contributed by atoms with E-state index in [-0.39, 0.29) is 24.4 Å². The van der Waals surface area contributed by atoms with Gasteiger partial charge in [-0.2, -0.15) is 0 Å². The summed E-state index contributed by atoms with van der Waals surface area (Å²) in [6.45, 7) is 8.46. The van der Waals surface area contributed by atoms with Gasteiger partial charge in [0.25, 0.3) is 5.91 Å². The van der Waals surface area contributed by atoms with Gasteiger partial charge in [0.1, 0.15) is 5.69 Å². The molecule has 2 N–H and O–H groups in total. The van der Waals surface area contributed by atoms with Gasteiger partial charge in [0.15, 0.2) is 0 Å². The Kier molecular flexibility index (Phi) is 5.59. The molecule has 0 saturated carbocycles.